The van der Waals surface area contributed by atoms with Crippen molar-refractivity contribution in [2.75, 3.05) is 12.4 Å². The molecule has 3 rings (SSSR count). The number of anilines is 1. The number of hydrogen-bond donors (Lipinski definition) is 2. The van der Waals surface area contributed by atoms with Crippen molar-refractivity contribution in [3.63, 3.8) is 0 Å². The number of aromatic nitrogens is 2. The maximum absolute atomic E-state index is 13.8. The van der Waals surface area contributed by atoms with Crippen LogP contribution in [-0.2, 0) is 13.1 Å². The monoisotopic (exact) mass is 312 g/mol. The lowest BCUT2D eigenvalue weighted by Crippen LogP contribution is -2.08. The van der Waals surface area contributed by atoms with Gasteiger partial charge in [-0.25, -0.2) is 14.4 Å². The van der Waals surface area contributed by atoms with Gasteiger partial charge < -0.3 is 15.8 Å². The summed E-state index contributed by atoms with van der Waals surface area (Å²) in [5.41, 5.74) is 7.27. The quantitative estimate of drug-likeness (QED) is 0.758. The molecule has 0 amide bonds. The molecule has 0 spiro atoms. The van der Waals surface area contributed by atoms with Crippen LogP contribution in [0, 0.1) is 5.82 Å². The largest absolute Gasteiger partial charge is 0.494 e. The lowest BCUT2D eigenvalue weighted by molar-refractivity contribution is 0.386. The van der Waals surface area contributed by atoms with Gasteiger partial charge in [-0.05, 0) is 29.8 Å². The van der Waals surface area contributed by atoms with Crippen LogP contribution in [0.5, 0.6) is 5.75 Å². The van der Waals surface area contributed by atoms with Crippen molar-refractivity contribution < 1.29 is 9.13 Å². The molecule has 5 nitrogen and oxygen atoms in total. The maximum atomic E-state index is 13.8. The summed E-state index contributed by atoms with van der Waals surface area (Å²) in [4.78, 5) is 8.82. The molecule has 0 atom stereocenters. The molecule has 0 radical (unpaired) electrons. The molecule has 1 aromatic heterocycles. The first-order valence-corrected chi connectivity index (χ1v) is 7.23. The topological polar surface area (TPSA) is 73.1 Å². The second-order valence-corrected chi connectivity index (χ2v) is 5.03. The van der Waals surface area contributed by atoms with E-state index in [1.54, 1.807) is 6.07 Å². The lowest BCUT2D eigenvalue weighted by atomic mass is 10.2. The predicted molar refractivity (Wildman–Crippen MR) is 87.7 cm³/mol. The molecule has 23 heavy (non-hydrogen) atoms. The van der Waals surface area contributed by atoms with Crippen LogP contribution in [0.3, 0.4) is 0 Å². The first-order valence-electron chi connectivity index (χ1n) is 7.23. The number of methoxy groups -OCH3 is 1. The minimum Gasteiger partial charge on any atom is -0.494 e. The predicted octanol–water partition coefficient (Wildman–Crippen LogP) is 2.85. The highest BCUT2D eigenvalue weighted by molar-refractivity contribution is 5.88. The van der Waals surface area contributed by atoms with E-state index < -0.39 is 0 Å². The fraction of sp³-hybridized carbons (Fsp3) is 0.176. The molecule has 0 saturated carbocycles. The number of fused-ring (bicyclic) bond motifs is 1. The third-order valence-electron chi connectivity index (χ3n) is 3.51. The second kappa shape index (κ2) is 6.58. The molecule has 0 aliphatic heterocycles. The second-order valence-electron chi connectivity index (χ2n) is 5.03. The van der Waals surface area contributed by atoms with Crippen molar-refractivity contribution in [1.82, 2.24) is 9.97 Å². The van der Waals surface area contributed by atoms with Crippen molar-refractivity contribution >= 4 is 16.7 Å². The molecule has 3 N–H and O–H groups in total. The molecule has 2 aromatic carbocycles. The van der Waals surface area contributed by atoms with Gasteiger partial charge in [0.2, 0.25) is 0 Å². The van der Waals surface area contributed by atoms with E-state index in [1.807, 2.05) is 30.3 Å². The number of hydrogen-bond acceptors (Lipinski definition) is 5. The number of rotatable bonds is 5. The lowest BCUT2D eigenvalue weighted by Gasteiger charge is -2.11. The SMILES string of the molecule is COc1ccc(CNc2nc(CN)nc3ccccc23)cc1F. The van der Waals surface area contributed by atoms with Crippen LogP contribution in [0.4, 0.5) is 10.2 Å². The third kappa shape index (κ3) is 3.22. The zero-order chi connectivity index (χ0) is 16.2. The Morgan fingerprint density at radius 2 is 2.00 bits per heavy atom. The Morgan fingerprint density at radius 1 is 1.17 bits per heavy atom. The highest BCUT2D eigenvalue weighted by Gasteiger charge is 2.08. The van der Waals surface area contributed by atoms with Gasteiger partial charge in [0.05, 0.1) is 19.2 Å². The van der Waals surface area contributed by atoms with Gasteiger partial charge in [-0.1, -0.05) is 18.2 Å². The Kier molecular flexibility index (Phi) is 4.34. The summed E-state index contributed by atoms with van der Waals surface area (Å²) in [5.74, 6) is 1.09. The maximum Gasteiger partial charge on any atom is 0.165 e. The molecule has 1 heterocycles. The van der Waals surface area contributed by atoms with E-state index in [-0.39, 0.29) is 18.1 Å². The number of nitrogens with two attached hydrogens (primary N) is 1. The summed E-state index contributed by atoms with van der Waals surface area (Å²) in [6.45, 7) is 0.697. The number of nitrogens with zero attached hydrogens (tertiary/aromatic N) is 2. The number of para-hydroxylation sites is 1. The Morgan fingerprint density at radius 3 is 2.74 bits per heavy atom. The van der Waals surface area contributed by atoms with Crippen LogP contribution in [0.1, 0.15) is 11.4 Å². The van der Waals surface area contributed by atoms with Gasteiger partial charge in [-0.2, -0.15) is 0 Å². The van der Waals surface area contributed by atoms with Crippen molar-refractivity contribution in [2.24, 2.45) is 5.73 Å². The zero-order valence-corrected chi connectivity index (χ0v) is 12.7. The number of halogens is 1. The molecule has 6 heteroatoms. The minimum absolute atomic E-state index is 0.228. The van der Waals surface area contributed by atoms with Gasteiger partial charge in [-0.15, -0.1) is 0 Å². The zero-order valence-electron chi connectivity index (χ0n) is 12.7. The number of benzene rings is 2. The van der Waals surface area contributed by atoms with Gasteiger partial charge in [0, 0.05) is 11.9 Å². The Hall–Kier alpha value is -2.73. The summed E-state index contributed by atoms with van der Waals surface area (Å²) in [7, 11) is 1.44. The molecule has 0 saturated heterocycles. The molecular formula is C17H17FN4O. The summed E-state index contributed by atoms with van der Waals surface area (Å²) >= 11 is 0. The van der Waals surface area contributed by atoms with Crippen LogP contribution < -0.4 is 15.8 Å². The van der Waals surface area contributed by atoms with E-state index in [2.05, 4.69) is 15.3 Å². The molecule has 0 aliphatic carbocycles. The normalized spacial score (nSPS) is 10.7. The first kappa shape index (κ1) is 15.2. The molecule has 3 aromatic rings. The molecule has 118 valence electrons. The summed E-state index contributed by atoms with van der Waals surface area (Å²) in [6, 6.07) is 12.5. The highest BCUT2D eigenvalue weighted by Crippen LogP contribution is 2.22. The molecule has 0 aliphatic rings. The van der Waals surface area contributed by atoms with Crippen LogP contribution in [0.2, 0.25) is 0 Å². The van der Waals surface area contributed by atoms with Gasteiger partial charge in [0.25, 0.3) is 0 Å². The van der Waals surface area contributed by atoms with Crippen molar-refractivity contribution in [3.8, 4) is 5.75 Å². The van der Waals surface area contributed by atoms with Crippen molar-refractivity contribution in [1.29, 1.82) is 0 Å². The van der Waals surface area contributed by atoms with E-state index in [0.717, 1.165) is 16.5 Å². The molecular weight excluding hydrogens is 295 g/mol. The van der Waals surface area contributed by atoms with Crippen LogP contribution in [-0.4, -0.2) is 17.1 Å². The van der Waals surface area contributed by atoms with E-state index in [0.29, 0.717) is 18.2 Å². The average molecular weight is 312 g/mol. The number of ether oxygens (including phenoxy) is 1. The van der Waals surface area contributed by atoms with E-state index in [1.165, 1.54) is 13.2 Å². The fourth-order valence-corrected chi connectivity index (χ4v) is 2.36. The summed E-state index contributed by atoms with van der Waals surface area (Å²) in [6.07, 6.45) is 0. The van der Waals surface area contributed by atoms with E-state index in [9.17, 15) is 4.39 Å². The average Bonchev–Trinajstić information content (AvgIpc) is 2.59. The number of nitrogens with one attached hydrogen (secondary N) is 1. The van der Waals surface area contributed by atoms with Crippen LogP contribution in [0.25, 0.3) is 10.9 Å². The highest BCUT2D eigenvalue weighted by atomic mass is 19.1. The smallest absolute Gasteiger partial charge is 0.165 e. The van der Waals surface area contributed by atoms with Crippen LogP contribution >= 0.6 is 0 Å². The Bertz CT molecular complexity index is 838. The Balaban J connectivity index is 1.88. The fourth-order valence-electron chi connectivity index (χ4n) is 2.36. The van der Waals surface area contributed by atoms with Crippen molar-refractivity contribution in [3.05, 3.63) is 59.7 Å². The van der Waals surface area contributed by atoms with Crippen molar-refractivity contribution in [2.45, 2.75) is 13.1 Å². The summed E-state index contributed by atoms with van der Waals surface area (Å²) < 4.78 is 18.7. The van der Waals surface area contributed by atoms with E-state index in [4.69, 9.17) is 10.5 Å². The first-order chi connectivity index (χ1) is 11.2. The summed E-state index contributed by atoms with van der Waals surface area (Å²) in [5, 5.41) is 4.13. The van der Waals surface area contributed by atoms with Gasteiger partial charge in [0.1, 0.15) is 11.6 Å². The van der Waals surface area contributed by atoms with Crippen LogP contribution in [0.15, 0.2) is 42.5 Å². The molecule has 0 bridgehead atoms. The van der Waals surface area contributed by atoms with Gasteiger partial charge in [-0.3, -0.25) is 0 Å². The Labute approximate surface area is 133 Å². The standard InChI is InChI=1S/C17H17FN4O/c1-23-15-7-6-11(8-13(15)18)10-20-17-12-4-2-3-5-14(12)21-16(9-19)22-17/h2-8H,9-10,19H2,1H3,(H,20,21,22). The third-order valence-corrected chi connectivity index (χ3v) is 3.51. The molecule has 0 unspecified atom stereocenters. The van der Waals surface area contributed by atoms with Gasteiger partial charge >= 0.3 is 0 Å². The van der Waals surface area contributed by atoms with E-state index >= 15 is 0 Å². The molecule has 0 fully saturated rings. The minimum atomic E-state index is -0.387. The van der Waals surface area contributed by atoms with Gasteiger partial charge in [0.15, 0.2) is 11.6 Å².